The largest absolute Gasteiger partial charge is 0.507 e. The Morgan fingerprint density at radius 2 is 1.16 bits per heavy atom. The molecule has 0 radical (unpaired) electrons. The molecule has 0 aliphatic carbocycles. The zero-order valence-corrected chi connectivity index (χ0v) is 26.1. The van der Waals surface area contributed by atoms with Gasteiger partial charge in [-0.2, -0.15) is 0 Å². The van der Waals surface area contributed by atoms with Crippen LogP contribution in [-0.2, 0) is 13.0 Å². The number of aryl methyl sites for hydroxylation is 2. The van der Waals surface area contributed by atoms with Gasteiger partial charge in [-0.05, 0) is 80.9 Å². The highest BCUT2D eigenvalue weighted by Crippen LogP contribution is 2.37. The van der Waals surface area contributed by atoms with Gasteiger partial charge in [0.2, 0.25) is 0 Å². The van der Waals surface area contributed by atoms with E-state index in [4.69, 9.17) is 0 Å². The van der Waals surface area contributed by atoms with E-state index >= 15 is 0 Å². The van der Waals surface area contributed by atoms with Gasteiger partial charge in [0.05, 0.1) is 16.7 Å². The summed E-state index contributed by atoms with van der Waals surface area (Å²) in [6.07, 6.45) is 0.772. The molecule has 0 fully saturated rings. The van der Waals surface area contributed by atoms with Crippen LogP contribution in [0.15, 0.2) is 103 Å². The summed E-state index contributed by atoms with van der Waals surface area (Å²) in [6.45, 7) is 7.39. The van der Waals surface area contributed by atoms with Gasteiger partial charge in [0.25, 0.3) is 0 Å². The number of hydrogen-bond donors (Lipinski definition) is 2. The second-order valence-corrected chi connectivity index (χ2v) is 12.1. The number of phenolic OH excluding ortho intramolecular Hbond substituents is 2. The fraction of sp³-hybridized carbons (Fsp3) is 0.231. The minimum absolute atomic E-state index is 0.325. The molecule has 224 valence electrons. The van der Waals surface area contributed by atoms with Crippen LogP contribution in [0.1, 0.15) is 22.3 Å². The number of benzene rings is 5. The Balaban J connectivity index is 1.14. The molecule has 5 heteroatoms. The lowest BCUT2D eigenvalue weighted by atomic mass is 9.97. The van der Waals surface area contributed by atoms with E-state index in [0.717, 1.165) is 76.2 Å². The van der Waals surface area contributed by atoms with Crippen LogP contribution in [0.5, 0.6) is 11.5 Å². The number of nitrogens with zero attached hydrogens (tertiary/aromatic N) is 3. The smallest absolute Gasteiger partial charge is 0.144 e. The third-order valence-electron chi connectivity index (χ3n) is 8.62. The van der Waals surface area contributed by atoms with E-state index < -0.39 is 0 Å². The summed E-state index contributed by atoms with van der Waals surface area (Å²) in [6, 6.07) is 35.2. The minimum Gasteiger partial charge on any atom is -0.507 e. The number of aromatic nitrogens is 1. The molecule has 1 heterocycles. The Kier molecular flexibility index (Phi) is 8.42. The quantitative estimate of drug-likeness (QED) is 0.171. The monoisotopic (exact) mass is 583 g/mol. The summed E-state index contributed by atoms with van der Waals surface area (Å²) in [5.74, 6) is 0.702. The second-order valence-electron chi connectivity index (χ2n) is 12.1. The summed E-state index contributed by atoms with van der Waals surface area (Å²) in [5, 5.41) is 25.0. The zero-order valence-electron chi connectivity index (χ0n) is 26.1. The molecule has 0 atom stereocenters. The van der Waals surface area contributed by atoms with E-state index in [2.05, 4.69) is 115 Å². The molecule has 5 nitrogen and oxygen atoms in total. The molecular formula is C39H41N3O2. The van der Waals surface area contributed by atoms with E-state index in [9.17, 15) is 10.2 Å². The van der Waals surface area contributed by atoms with Gasteiger partial charge in [0.1, 0.15) is 11.5 Å². The lowest BCUT2D eigenvalue weighted by Gasteiger charge is -2.23. The number of aromatic hydroxyl groups is 2. The van der Waals surface area contributed by atoms with Crippen molar-refractivity contribution in [2.75, 3.05) is 33.7 Å². The van der Waals surface area contributed by atoms with Gasteiger partial charge in [0, 0.05) is 48.1 Å². The first-order valence-corrected chi connectivity index (χ1v) is 15.4. The van der Waals surface area contributed by atoms with Crippen molar-refractivity contribution in [3.63, 3.8) is 0 Å². The predicted molar refractivity (Wildman–Crippen MR) is 183 cm³/mol. The number of rotatable bonds is 10. The standard InChI is InChI=1S/C39H41N3O2/c1-27-22-30(38(43)34(24-27)29-12-6-5-7-13-29)18-19-40(3)20-21-41(4)26-31-23-28(2)25-37(39(31)44)42-35-16-10-8-14-32(35)33-15-9-11-17-36(33)42/h5-17,22-25,43-44H,18-21,26H2,1-4H3. The molecule has 6 aromatic rings. The SMILES string of the molecule is Cc1cc(CCN(C)CCN(C)Cc2cc(C)cc(-n3c4ccccc4c4ccccc43)c2O)c(O)c(-c2ccccc2)c1. The molecule has 6 rings (SSSR count). The number of para-hydroxylation sites is 2. The Hall–Kier alpha value is -4.58. The van der Waals surface area contributed by atoms with Crippen LogP contribution in [0.4, 0.5) is 0 Å². The molecule has 0 saturated heterocycles. The highest BCUT2D eigenvalue weighted by atomic mass is 16.3. The maximum absolute atomic E-state index is 11.6. The summed E-state index contributed by atoms with van der Waals surface area (Å²) >= 11 is 0. The third kappa shape index (κ3) is 5.94. The minimum atomic E-state index is 0.325. The molecule has 44 heavy (non-hydrogen) atoms. The number of phenols is 2. The predicted octanol–water partition coefficient (Wildman–Crippen LogP) is 8.09. The van der Waals surface area contributed by atoms with Crippen molar-refractivity contribution in [3.8, 4) is 28.3 Å². The molecule has 0 spiro atoms. The van der Waals surface area contributed by atoms with Gasteiger partial charge in [-0.25, -0.2) is 0 Å². The van der Waals surface area contributed by atoms with Crippen LogP contribution < -0.4 is 0 Å². The van der Waals surface area contributed by atoms with Crippen molar-refractivity contribution in [1.82, 2.24) is 14.4 Å². The van der Waals surface area contributed by atoms with E-state index in [1.807, 2.05) is 30.3 Å². The van der Waals surface area contributed by atoms with Gasteiger partial charge < -0.3 is 24.6 Å². The topological polar surface area (TPSA) is 51.9 Å². The number of hydrogen-bond acceptors (Lipinski definition) is 4. The third-order valence-corrected chi connectivity index (χ3v) is 8.62. The molecular weight excluding hydrogens is 542 g/mol. The lowest BCUT2D eigenvalue weighted by molar-refractivity contribution is 0.251. The van der Waals surface area contributed by atoms with Crippen molar-refractivity contribution in [3.05, 3.63) is 125 Å². The fourth-order valence-electron chi connectivity index (χ4n) is 6.32. The number of fused-ring (bicyclic) bond motifs is 3. The Morgan fingerprint density at radius 1 is 0.591 bits per heavy atom. The van der Waals surface area contributed by atoms with Gasteiger partial charge in [0.15, 0.2) is 0 Å². The van der Waals surface area contributed by atoms with Gasteiger partial charge in [-0.3, -0.25) is 0 Å². The highest BCUT2D eigenvalue weighted by Gasteiger charge is 2.18. The maximum Gasteiger partial charge on any atom is 0.144 e. The van der Waals surface area contributed by atoms with Crippen LogP contribution in [0.25, 0.3) is 38.6 Å². The van der Waals surface area contributed by atoms with Crippen LogP contribution in [0.3, 0.4) is 0 Å². The molecule has 0 bridgehead atoms. The Labute approximate surface area is 260 Å². The number of likely N-dealkylation sites (N-methyl/N-ethyl adjacent to an activating group) is 2. The summed E-state index contributed by atoms with van der Waals surface area (Å²) in [7, 11) is 4.23. The van der Waals surface area contributed by atoms with Crippen LogP contribution >= 0.6 is 0 Å². The average Bonchev–Trinajstić information content (AvgIpc) is 3.36. The van der Waals surface area contributed by atoms with Crippen molar-refractivity contribution >= 4 is 21.8 Å². The summed E-state index contributed by atoms with van der Waals surface area (Å²) in [5.41, 5.74) is 9.08. The zero-order chi connectivity index (χ0) is 30.8. The van der Waals surface area contributed by atoms with Crippen molar-refractivity contribution in [1.29, 1.82) is 0 Å². The second kappa shape index (κ2) is 12.6. The maximum atomic E-state index is 11.6. The van der Waals surface area contributed by atoms with Crippen molar-refractivity contribution in [2.24, 2.45) is 0 Å². The molecule has 0 aliphatic rings. The molecule has 0 amide bonds. The van der Waals surface area contributed by atoms with Crippen molar-refractivity contribution < 1.29 is 10.2 Å². The van der Waals surface area contributed by atoms with Crippen LogP contribution in [0.2, 0.25) is 0 Å². The Morgan fingerprint density at radius 3 is 1.84 bits per heavy atom. The summed E-state index contributed by atoms with van der Waals surface area (Å²) < 4.78 is 2.19. The van der Waals surface area contributed by atoms with E-state index in [0.29, 0.717) is 18.0 Å². The Bertz CT molecular complexity index is 1870. The van der Waals surface area contributed by atoms with Gasteiger partial charge in [-0.1, -0.05) is 78.9 Å². The fourth-order valence-corrected chi connectivity index (χ4v) is 6.32. The van der Waals surface area contributed by atoms with Crippen LogP contribution in [-0.4, -0.2) is 58.3 Å². The normalized spacial score (nSPS) is 11.8. The molecule has 0 unspecified atom stereocenters. The highest BCUT2D eigenvalue weighted by molar-refractivity contribution is 6.09. The van der Waals surface area contributed by atoms with E-state index in [-0.39, 0.29) is 0 Å². The molecule has 5 aromatic carbocycles. The van der Waals surface area contributed by atoms with Crippen LogP contribution in [0, 0.1) is 13.8 Å². The first-order chi connectivity index (χ1) is 21.3. The average molecular weight is 584 g/mol. The molecule has 0 saturated carbocycles. The molecule has 0 aliphatic heterocycles. The van der Waals surface area contributed by atoms with E-state index in [1.165, 1.54) is 10.8 Å². The first kappa shape index (κ1) is 29.5. The molecule has 2 N–H and O–H groups in total. The van der Waals surface area contributed by atoms with Crippen molar-refractivity contribution in [2.45, 2.75) is 26.8 Å². The molecule has 1 aromatic heterocycles. The van der Waals surface area contributed by atoms with Gasteiger partial charge >= 0.3 is 0 Å². The van der Waals surface area contributed by atoms with Gasteiger partial charge in [-0.15, -0.1) is 0 Å². The van der Waals surface area contributed by atoms with E-state index in [1.54, 1.807) is 0 Å². The lowest BCUT2D eigenvalue weighted by Crippen LogP contribution is -2.31. The summed E-state index contributed by atoms with van der Waals surface area (Å²) in [4.78, 5) is 4.57. The first-order valence-electron chi connectivity index (χ1n) is 15.4.